The summed E-state index contributed by atoms with van der Waals surface area (Å²) < 4.78 is 10.3. The third kappa shape index (κ3) is 2.09. The first-order chi connectivity index (χ1) is 6.86. The minimum atomic E-state index is -0.521. The zero-order valence-corrected chi connectivity index (χ0v) is 7.53. The Hall–Kier alpha value is -1.40. The molecule has 1 fully saturated rings. The second-order valence-electron chi connectivity index (χ2n) is 2.89. The summed E-state index contributed by atoms with van der Waals surface area (Å²) in [6.45, 7) is 1.31. The molecule has 6 heteroatoms. The highest BCUT2D eigenvalue weighted by molar-refractivity contribution is 5.93. The number of H-pyrrole nitrogens is 1. The number of nitrogens with zero attached hydrogens (tertiary/aromatic N) is 1. The molecule has 14 heavy (non-hydrogen) atoms. The van der Waals surface area contributed by atoms with Crippen molar-refractivity contribution in [1.29, 1.82) is 0 Å². The van der Waals surface area contributed by atoms with Crippen molar-refractivity contribution in [3.63, 3.8) is 0 Å². The molecule has 1 saturated heterocycles. The Kier molecular flexibility index (Phi) is 2.76. The van der Waals surface area contributed by atoms with E-state index in [-0.39, 0.29) is 5.91 Å². The van der Waals surface area contributed by atoms with Crippen LogP contribution in [0.2, 0.25) is 0 Å². The summed E-state index contributed by atoms with van der Waals surface area (Å²) in [5, 5.41) is 8.97. The monoisotopic (exact) mass is 197 g/mol. The number of aromatic nitrogens is 2. The third-order valence-electron chi connectivity index (χ3n) is 1.87. The molecule has 1 aliphatic rings. The van der Waals surface area contributed by atoms with Gasteiger partial charge in [0.15, 0.2) is 6.10 Å². The van der Waals surface area contributed by atoms with E-state index in [2.05, 4.69) is 15.5 Å². The molecule has 1 atom stereocenters. The number of amides is 1. The smallest absolute Gasteiger partial charge is 0.257 e. The fraction of sp³-hybridized carbons (Fsp3) is 0.500. The molecule has 1 unspecified atom stereocenters. The van der Waals surface area contributed by atoms with E-state index in [4.69, 9.17) is 9.47 Å². The number of hydrogen-bond donors (Lipinski definition) is 2. The quantitative estimate of drug-likeness (QED) is 0.686. The van der Waals surface area contributed by atoms with Gasteiger partial charge in [0.1, 0.15) is 5.82 Å². The third-order valence-corrected chi connectivity index (χ3v) is 1.87. The van der Waals surface area contributed by atoms with Gasteiger partial charge in [-0.25, -0.2) is 0 Å². The van der Waals surface area contributed by atoms with Crippen LogP contribution >= 0.6 is 0 Å². The van der Waals surface area contributed by atoms with Crippen molar-refractivity contribution >= 4 is 11.7 Å². The lowest BCUT2D eigenvalue weighted by molar-refractivity contribution is -0.142. The van der Waals surface area contributed by atoms with E-state index in [1.807, 2.05) is 0 Å². The van der Waals surface area contributed by atoms with Crippen LogP contribution in [0.5, 0.6) is 0 Å². The predicted molar refractivity (Wildman–Crippen MR) is 47.8 cm³/mol. The van der Waals surface area contributed by atoms with E-state index in [1.165, 1.54) is 0 Å². The maximum Gasteiger partial charge on any atom is 0.257 e. The van der Waals surface area contributed by atoms with Crippen LogP contribution in [0.4, 0.5) is 5.82 Å². The molecule has 0 aliphatic carbocycles. The van der Waals surface area contributed by atoms with Gasteiger partial charge in [0, 0.05) is 6.07 Å². The van der Waals surface area contributed by atoms with Crippen molar-refractivity contribution < 1.29 is 14.3 Å². The molecule has 6 nitrogen and oxygen atoms in total. The van der Waals surface area contributed by atoms with Crippen molar-refractivity contribution in [3.8, 4) is 0 Å². The SMILES string of the molecule is O=C(Nc1ccn[nH]1)C1COCCO1. The average molecular weight is 197 g/mol. The van der Waals surface area contributed by atoms with Crippen LogP contribution in [-0.4, -0.2) is 42.0 Å². The zero-order valence-electron chi connectivity index (χ0n) is 7.53. The van der Waals surface area contributed by atoms with E-state index < -0.39 is 6.10 Å². The highest BCUT2D eigenvalue weighted by Crippen LogP contribution is 2.05. The summed E-state index contributed by atoms with van der Waals surface area (Å²) in [4.78, 5) is 11.5. The fourth-order valence-corrected chi connectivity index (χ4v) is 1.18. The first kappa shape index (κ1) is 9.17. The topological polar surface area (TPSA) is 76.2 Å². The molecule has 1 aromatic heterocycles. The van der Waals surface area contributed by atoms with Crippen LogP contribution in [0.3, 0.4) is 0 Å². The number of carbonyl (C=O) groups is 1. The Balaban J connectivity index is 1.88. The van der Waals surface area contributed by atoms with E-state index >= 15 is 0 Å². The van der Waals surface area contributed by atoms with Crippen molar-refractivity contribution in [3.05, 3.63) is 12.3 Å². The van der Waals surface area contributed by atoms with Gasteiger partial charge < -0.3 is 14.8 Å². The summed E-state index contributed by atoms with van der Waals surface area (Å²) in [5.74, 6) is 0.345. The Morgan fingerprint density at radius 1 is 1.64 bits per heavy atom. The molecule has 1 aliphatic heterocycles. The number of ether oxygens (including phenoxy) is 2. The van der Waals surface area contributed by atoms with Crippen molar-refractivity contribution in [2.24, 2.45) is 0 Å². The number of rotatable bonds is 2. The molecular weight excluding hydrogens is 186 g/mol. The average Bonchev–Trinajstić information content (AvgIpc) is 2.72. The van der Waals surface area contributed by atoms with E-state index in [1.54, 1.807) is 12.3 Å². The number of anilines is 1. The van der Waals surface area contributed by atoms with Crippen LogP contribution < -0.4 is 5.32 Å². The first-order valence-corrected chi connectivity index (χ1v) is 4.36. The Labute approximate surface area is 80.6 Å². The molecule has 0 aromatic carbocycles. The second kappa shape index (κ2) is 4.21. The fourth-order valence-electron chi connectivity index (χ4n) is 1.18. The molecule has 0 saturated carbocycles. The van der Waals surface area contributed by atoms with Gasteiger partial charge in [-0.2, -0.15) is 5.10 Å². The van der Waals surface area contributed by atoms with Gasteiger partial charge in [-0.15, -0.1) is 0 Å². The van der Waals surface area contributed by atoms with Crippen molar-refractivity contribution in [2.75, 3.05) is 25.1 Å². The number of aromatic amines is 1. The molecule has 1 aromatic rings. The van der Waals surface area contributed by atoms with Crippen LogP contribution in [0.1, 0.15) is 0 Å². The lowest BCUT2D eigenvalue weighted by atomic mass is 10.3. The number of hydrogen-bond acceptors (Lipinski definition) is 4. The van der Waals surface area contributed by atoms with E-state index in [0.29, 0.717) is 25.6 Å². The molecule has 76 valence electrons. The summed E-state index contributed by atoms with van der Waals surface area (Å²) in [6.07, 6.45) is 1.04. The Morgan fingerprint density at radius 3 is 3.21 bits per heavy atom. The molecule has 0 bridgehead atoms. The molecule has 1 amide bonds. The van der Waals surface area contributed by atoms with Gasteiger partial charge in [-0.05, 0) is 0 Å². The Bertz CT molecular complexity index is 293. The van der Waals surface area contributed by atoms with E-state index in [9.17, 15) is 4.79 Å². The van der Waals surface area contributed by atoms with Gasteiger partial charge in [0.05, 0.1) is 26.0 Å². The van der Waals surface area contributed by atoms with Crippen LogP contribution in [0.15, 0.2) is 12.3 Å². The predicted octanol–water partition coefficient (Wildman–Crippen LogP) is -0.236. The zero-order chi connectivity index (χ0) is 9.80. The molecule has 2 N–H and O–H groups in total. The number of carbonyl (C=O) groups excluding carboxylic acids is 1. The van der Waals surface area contributed by atoms with Gasteiger partial charge in [-0.3, -0.25) is 9.89 Å². The standard InChI is InChI=1S/C8H11N3O3/c12-8(6-5-13-3-4-14-6)10-7-1-2-9-11-7/h1-2,6H,3-5H2,(H2,9,10,11,12). The molecule has 0 spiro atoms. The molecular formula is C8H11N3O3. The minimum absolute atomic E-state index is 0.214. The Morgan fingerprint density at radius 2 is 2.57 bits per heavy atom. The summed E-state index contributed by atoms with van der Waals surface area (Å²) in [7, 11) is 0. The normalized spacial score (nSPS) is 21.9. The summed E-state index contributed by atoms with van der Waals surface area (Å²) >= 11 is 0. The van der Waals surface area contributed by atoms with Crippen molar-refractivity contribution in [1.82, 2.24) is 10.2 Å². The molecule has 0 radical (unpaired) electrons. The van der Waals surface area contributed by atoms with Gasteiger partial charge >= 0.3 is 0 Å². The molecule has 2 heterocycles. The molecule has 2 rings (SSSR count). The lowest BCUT2D eigenvalue weighted by Gasteiger charge is -2.21. The van der Waals surface area contributed by atoms with Gasteiger partial charge in [-0.1, -0.05) is 0 Å². The maximum absolute atomic E-state index is 11.5. The highest BCUT2D eigenvalue weighted by Gasteiger charge is 2.22. The van der Waals surface area contributed by atoms with Crippen LogP contribution in [0, 0.1) is 0 Å². The highest BCUT2D eigenvalue weighted by atomic mass is 16.6. The largest absolute Gasteiger partial charge is 0.376 e. The second-order valence-corrected chi connectivity index (χ2v) is 2.89. The van der Waals surface area contributed by atoms with Gasteiger partial charge in [0.25, 0.3) is 5.91 Å². The maximum atomic E-state index is 11.5. The van der Waals surface area contributed by atoms with E-state index in [0.717, 1.165) is 0 Å². The van der Waals surface area contributed by atoms with Crippen LogP contribution in [0.25, 0.3) is 0 Å². The number of nitrogens with one attached hydrogen (secondary N) is 2. The summed E-state index contributed by atoms with van der Waals surface area (Å²) in [6, 6.07) is 1.67. The van der Waals surface area contributed by atoms with Crippen LogP contribution in [-0.2, 0) is 14.3 Å². The minimum Gasteiger partial charge on any atom is -0.376 e. The van der Waals surface area contributed by atoms with Gasteiger partial charge in [0.2, 0.25) is 0 Å². The summed E-state index contributed by atoms with van der Waals surface area (Å²) in [5.41, 5.74) is 0. The lowest BCUT2D eigenvalue weighted by Crippen LogP contribution is -2.39. The van der Waals surface area contributed by atoms with Crippen molar-refractivity contribution in [2.45, 2.75) is 6.10 Å². The first-order valence-electron chi connectivity index (χ1n) is 4.36.